The van der Waals surface area contributed by atoms with Crippen LogP contribution < -0.4 is 19.5 Å². The molecule has 0 fully saturated rings. The van der Waals surface area contributed by atoms with Crippen LogP contribution in [0.5, 0.6) is 5.75 Å². The lowest BCUT2D eigenvalue weighted by Gasteiger charge is -2.18. The highest BCUT2D eigenvalue weighted by Crippen LogP contribution is 2.22. The molecule has 0 spiro atoms. The van der Waals surface area contributed by atoms with E-state index >= 15 is 0 Å². The number of ether oxygens (including phenoxy) is 1. The van der Waals surface area contributed by atoms with Crippen LogP contribution in [0.15, 0.2) is 53.3 Å². The van der Waals surface area contributed by atoms with Crippen molar-refractivity contribution in [2.24, 2.45) is 0 Å². The highest BCUT2D eigenvalue weighted by atomic mass is 32.1. The molecule has 144 valence electrons. The number of nitrogens with one attached hydrogen (secondary N) is 1. The van der Waals surface area contributed by atoms with Gasteiger partial charge in [-0.25, -0.2) is 0 Å². The predicted octanol–water partition coefficient (Wildman–Crippen LogP) is 3.23. The number of aromatic nitrogens is 1. The van der Waals surface area contributed by atoms with Gasteiger partial charge in [-0.2, -0.15) is 0 Å². The molecular formula is C23H23NO3S. The molecule has 0 atom stereocenters. The minimum Gasteiger partial charge on any atom is -0.496 e. The van der Waals surface area contributed by atoms with Gasteiger partial charge in [-0.3, -0.25) is 9.59 Å². The Morgan fingerprint density at radius 2 is 1.75 bits per heavy atom. The van der Waals surface area contributed by atoms with Crippen LogP contribution in [0.1, 0.15) is 42.3 Å². The van der Waals surface area contributed by atoms with Gasteiger partial charge in [0.25, 0.3) is 5.56 Å². The number of benzene rings is 2. The monoisotopic (exact) mass is 393 g/mol. The Labute approximate surface area is 167 Å². The molecule has 28 heavy (non-hydrogen) atoms. The number of ketones is 1. The van der Waals surface area contributed by atoms with Gasteiger partial charge < -0.3 is 9.72 Å². The van der Waals surface area contributed by atoms with E-state index in [1.807, 2.05) is 18.2 Å². The van der Waals surface area contributed by atoms with Gasteiger partial charge in [0.15, 0.2) is 5.78 Å². The van der Waals surface area contributed by atoms with E-state index < -0.39 is 0 Å². The number of rotatable bonds is 4. The van der Waals surface area contributed by atoms with Crippen molar-refractivity contribution in [3.05, 3.63) is 84.8 Å². The maximum atomic E-state index is 12.5. The average molecular weight is 394 g/mol. The van der Waals surface area contributed by atoms with Crippen molar-refractivity contribution in [1.29, 1.82) is 0 Å². The van der Waals surface area contributed by atoms with Crippen LogP contribution >= 0.6 is 11.3 Å². The maximum Gasteiger partial charge on any atom is 0.266 e. The molecule has 0 aliphatic rings. The lowest BCUT2D eigenvalue weighted by molar-refractivity contribution is 0.105. The zero-order valence-electron chi connectivity index (χ0n) is 16.4. The van der Waals surface area contributed by atoms with E-state index in [1.165, 1.54) is 30.1 Å². The average Bonchev–Trinajstić information content (AvgIpc) is 3.00. The van der Waals surface area contributed by atoms with Crippen LogP contribution in [0.4, 0.5) is 0 Å². The Bertz CT molecular complexity index is 1160. The first-order valence-electron chi connectivity index (χ1n) is 8.98. The molecule has 0 amide bonds. The van der Waals surface area contributed by atoms with Gasteiger partial charge in [-0.15, -0.1) is 11.3 Å². The fourth-order valence-corrected chi connectivity index (χ4v) is 3.69. The van der Waals surface area contributed by atoms with E-state index in [2.05, 4.69) is 37.9 Å². The van der Waals surface area contributed by atoms with Crippen molar-refractivity contribution in [2.45, 2.75) is 26.2 Å². The first kappa shape index (κ1) is 19.8. The van der Waals surface area contributed by atoms with Gasteiger partial charge in [-0.1, -0.05) is 57.2 Å². The van der Waals surface area contributed by atoms with Crippen molar-refractivity contribution in [3.8, 4) is 5.75 Å². The summed E-state index contributed by atoms with van der Waals surface area (Å²) in [5.41, 5.74) is 2.52. The molecule has 0 unspecified atom stereocenters. The van der Waals surface area contributed by atoms with Crippen LogP contribution in [0.25, 0.3) is 12.2 Å². The number of methoxy groups -OCH3 is 1. The SMILES string of the molecule is COc1ccccc1C(=O)/C=c1\[nH]c(=O)/c(=C\c2ccc(C(C)(C)C)cc2)s1. The van der Waals surface area contributed by atoms with Gasteiger partial charge >= 0.3 is 0 Å². The number of hydrogen-bond donors (Lipinski definition) is 1. The van der Waals surface area contributed by atoms with Crippen LogP contribution in [-0.4, -0.2) is 17.9 Å². The fraction of sp³-hybridized carbons (Fsp3) is 0.217. The van der Waals surface area contributed by atoms with Crippen LogP contribution in [-0.2, 0) is 5.41 Å². The first-order chi connectivity index (χ1) is 13.3. The summed E-state index contributed by atoms with van der Waals surface area (Å²) < 4.78 is 6.30. The highest BCUT2D eigenvalue weighted by Gasteiger charge is 2.12. The molecule has 1 N–H and O–H groups in total. The van der Waals surface area contributed by atoms with E-state index in [1.54, 1.807) is 24.3 Å². The quantitative estimate of drug-likeness (QED) is 0.693. The molecule has 1 heterocycles. The normalized spacial score (nSPS) is 13.0. The molecular weight excluding hydrogens is 370 g/mol. The van der Waals surface area contributed by atoms with E-state index in [0.717, 1.165) is 5.56 Å². The second kappa shape index (κ2) is 7.98. The molecule has 1 aromatic heterocycles. The van der Waals surface area contributed by atoms with E-state index in [0.29, 0.717) is 20.5 Å². The summed E-state index contributed by atoms with van der Waals surface area (Å²) in [5, 5.41) is 0. The second-order valence-electron chi connectivity index (χ2n) is 7.51. The zero-order valence-corrected chi connectivity index (χ0v) is 17.2. The molecule has 0 aliphatic carbocycles. The number of Topliss-reactive ketones (excluding diaryl/α,β-unsaturated/α-hetero) is 1. The van der Waals surface area contributed by atoms with Crippen LogP contribution in [0.2, 0.25) is 0 Å². The van der Waals surface area contributed by atoms with Crippen molar-refractivity contribution in [2.75, 3.05) is 7.11 Å². The van der Waals surface area contributed by atoms with Gasteiger partial charge in [0, 0.05) is 6.08 Å². The number of H-pyrrole nitrogens is 1. The molecule has 2 aromatic carbocycles. The minimum atomic E-state index is -0.212. The summed E-state index contributed by atoms with van der Waals surface area (Å²) >= 11 is 1.26. The fourth-order valence-electron chi connectivity index (χ4n) is 2.80. The minimum absolute atomic E-state index is 0.0833. The third-order valence-electron chi connectivity index (χ3n) is 4.39. The van der Waals surface area contributed by atoms with Gasteiger partial charge in [0.2, 0.25) is 0 Å². The summed E-state index contributed by atoms with van der Waals surface area (Å²) in [4.78, 5) is 27.6. The largest absolute Gasteiger partial charge is 0.496 e. The molecule has 3 rings (SSSR count). The summed E-state index contributed by atoms with van der Waals surface area (Å²) in [7, 11) is 1.52. The van der Waals surface area contributed by atoms with Crippen LogP contribution in [0.3, 0.4) is 0 Å². The number of aromatic amines is 1. The third kappa shape index (κ3) is 4.49. The molecule has 0 saturated heterocycles. The lowest BCUT2D eigenvalue weighted by atomic mass is 9.87. The smallest absolute Gasteiger partial charge is 0.266 e. The van der Waals surface area contributed by atoms with E-state index in [-0.39, 0.29) is 16.8 Å². The van der Waals surface area contributed by atoms with Gasteiger partial charge in [-0.05, 0) is 34.8 Å². The standard InChI is InChI=1S/C23H23NO3S/c1-23(2,3)16-11-9-15(10-12-16)13-20-22(26)24-21(28-20)14-18(25)17-7-5-6-8-19(17)27-4/h5-14H,1-4H3,(H,24,26)/b20-13+,21-14+. The van der Waals surface area contributed by atoms with Crippen molar-refractivity contribution < 1.29 is 9.53 Å². The third-order valence-corrected chi connectivity index (χ3v) is 5.35. The molecule has 0 radical (unpaired) electrons. The van der Waals surface area contributed by atoms with E-state index in [4.69, 9.17) is 4.74 Å². The molecule has 0 aliphatic heterocycles. The summed E-state index contributed by atoms with van der Waals surface area (Å²) in [6, 6.07) is 15.2. The van der Waals surface area contributed by atoms with Crippen molar-refractivity contribution in [3.63, 3.8) is 0 Å². The molecule has 0 bridgehead atoms. The number of carbonyl (C=O) groups excluding carboxylic acids is 1. The Morgan fingerprint density at radius 1 is 1.07 bits per heavy atom. The van der Waals surface area contributed by atoms with Crippen molar-refractivity contribution in [1.82, 2.24) is 4.98 Å². The zero-order chi connectivity index (χ0) is 20.3. The Morgan fingerprint density at radius 3 is 2.39 bits per heavy atom. The van der Waals surface area contributed by atoms with Crippen LogP contribution in [0, 0.1) is 0 Å². The predicted molar refractivity (Wildman–Crippen MR) is 115 cm³/mol. The lowest BCUT2D eigenvalue weighted by Crippen LogP contribution is -2.20. The number of para-hydroxylation sites is 1. The Balaban J connectivity index is 1.95. The van der Waals surface area contributed by atoms with Crippen molar-refractivity contribution >= 4 is 29.3 Å². The topological polar surface area (TPSA) is 59.2 Å². The van der Waals surface area contributed by atoms with Gasteiger partial charge in [0.1, 0.15) is 5.75 Å². The molecule has 5 heteroatoms. The summed E-state index contributed by atoms with van der Waals surface area (Å²) in [5.74, 6) is 0.296. The maximum absolute atomic E-state index is 12.5. The summed E-state index contributed by atoms with van der Waals surface area (Å²) in [6.07, 6.45) is 3.27. The molecule has 3 aromatic rings. The number of hydrogen-bond acceptors (Lipinski definition) is 4. The van der Waals surface area contributed by atoms with Gasteiger partial charge in [0.05, 0.1) is 21.9 Å². The first-order valence-corrected chi connectivity index (χ1v) is 9.80. The Hall–Kier alpha value is -2.92. The molecule has 0 saturated carbocycles. The number of carbonyl (C=O) groups is 1. The Kier molecular flexibility index (Phi) is 5.66. The summed E-state index contributed by atoms with van der Waals surface area (Å²) in [6.45, 7) is 6.49. The molecule has 4 nitrogen and oxygen atoms in total. The second-order valence-corrected chi connectivity index (χ2v) is 8.59. The van der Waals surface area contributed by atoms with E-state index in [9.17, 15) is 9.59 Å². The number of thiazole rings is 1. The highest BCUT2D eigenvalue weighted by molar-refractivity contribution is 7.07.